The van der Waals surface area contributed by atoms with E-state index in [1.807, 2.05) is 44.4 Å². The molecule has 27 heavy (non-hydrogen) atoms. The summed E-state index contributed by atoms with van der Waals surface area (Å²) in [4.78, 5) is 0. The third-order valence-corrected chi connectivity index (χ3v) is 5.78. The van der Waals surface area contributed by atoms with Crippen LogP contribution in [0.3, 0.4) is 0 Å². The minimum atomic E-state index is -0.923. The van der Waals surface area contributed by atoms with Gasteiger partial charge in [0.2, 0.25) is 0 Å². The first kappa shape index (κ1) is 24.1. The SMILES string of the molecule is CCCCCCCCCCCCCCCC[N+](C)(C)C(F)c1ccccc1. The topological polar surface area (TPSA) is 0 Å². The highest BCUT2D eigenvalue weighted by Gasteiger charge is 2.28. The number of nitrogens with zero attached hydrogens (tertiary/aromatic N) is 1. The van der Waals surface area contributed by atoms with E-state index in [1.165, 1.54) is 83.5 Å². The monoisotopic (exact) mass is 378 g/mol. The number of rotatable bonds is 17. The molecule has 1 atom stereocenters. The van der Waals surface area contributed by atoms with E-state index in [-0.39, 0.29) is 0 Å². The van der Waals surface area contributed by atoms with Crippen molar-refractivity contribution < 1.29 is 8.87 Å². The Morgan fingerprint density at radius 3 is 1.52 bits per heavy atom. The number of hydrogen-bond donors (Lipinski definition) is 0. The molecule has 0 saturated carbocycles. The van der Waals surface area contributed by atoms with Crippen LogP contribution in [0, 0.1) is 0 Å². The predicted molar refractivity (Wildman–Crippen MR) is 118 cm³/mol. The van der Waals surface area contributed by atoms with E-state index in [4.69, 9.17) is 0 Å². The average Bonchev–Trinajstić information content (AvgIpc) is 2.68. The van der Waals surface area contributed by atoms with Crippen LogP contribution in [0.25, 0.3) is 0 Å². The van der Waals surface area contributed by atoms with Crippen LogP contribution in [0.5, 0.6) is 0 Å². The van der Waals surface area contributed by atoms with Gasteiger partial charge in [-0.1, -0.05) is 114 Å². The molecule has 0 fully saturated rings. The normalized spacial score (nSPS) is 13.0. The van der Waals surface area contributed by atoms with E-state index >= 15 is 0 Å². The third-order valence-electron chi connectivity index (χ3n) is 5.78. The first-order valence-corrected chi connectivity index (χ1v) is 11.6. The van der Waals surface area contributed by atoms with E-state index in [0.29, 0.717) is 4.48 Å². The number of halogens is 1. The van der Waals surface area contributed by atoms with E-state index < -0.39 is 6.30 Å². The molecule has 1 unspecified atom stereocenters. The van der Waals surface area contributed by atoms with Gasteiger partial charge in [0.05, 0.1) is 20.6 Å². The van der Waals surface area contributed by atoms with Crippen molar-refractivity contribution in [3.8, 4) is 0 Å². The molecule has 156 valence electrons. The predicted octanol–water partition coefficient (Wildman–Crippen LogP) is 8.21. The summed E-state index contributed by atoms with van der Waals surface area (Å²) < 4.78 is 15.2. The molecule has 0 bridgehead atoms. The van der Waals surface area contributed by atoms with Gasteiger partial charge in [-0.05, 0) is 12.8 Å². The van der Waals surface area contributed by atoms with E-state index in [1.54, 1.807) is 0 Å². The van der Waals surface area contributed by atoms with Gasteiger partial charge in [0.25, 0.3) is 6.30 Å². The van der Waals surface area contributed by atoms with Crippen molar-refractivity contribution in [2.45, 2.75) is 103 Å². The van der Waals surface area contributed by atoms with Crippen molar-refractivity contribution in [3.63, 3.8) is 0 Å². The van der Waals surface area contributed by atoms with Gasteiger partial charge in [-0.25, -0.2) is 0 Å². The second-order valence-electron chi connectivity index (χ2n) is 8.84. The average molecular weight is 379 g/mol. The summed E-state index contributed by atoms with van der Waals surface area (Å²) in [7, 11) is 4.03. The second-order valence-corrected chi connectivity index (χ2v) is 8.84. The van der Waals surface area contributed by atoms with Crippen LogP contribution in [0.1, 0.15) is 109 Å². The number of quaternary nitrogens is 1. The molecule has 0 amide bonds. The van der Waals surface area contributed by atoms with Crippen molar-refractivity contribution in [3.05, 3.63) is 35.9 Å². The molecular formula is C25H45FN+. The summed E-state index contributed by atoms with van der Waals surface area (Å²) in [5, 5.41) is 0. The zero-order valence-electron chi connectivity index (χ0n) is 18.4. The maximum absolute atomic E-state index is 14.7. The van der Waals surface area contributed by atoms with Crippen molar-refractivity contribution in [2.75, 3.05) is 20.6 Å². The van der Waals surface area contributed by atoms with Crippen molar-refractivity contribution >= 4 is 0 Å². The Hall–Kier alpha value is -0.890. The number of hydrogen-bond acceptors (Lipinski definition) is 0. The zero-order chi connectivity index (χ0) is 19.8. The summed E-state index contributed by atoms with van der Waals surface area (Å²) in [6.45, 7) is 3.19. The third kappa shape index (κ3) is 11.5. The van der Waals surface area contributed by atoms with E-state index in [2.05, 4.69) is 6.92 Å². The van der Waals surface area contributed by atoms with Crippen LogP contribution >= 0.6 is 0 Å². The van der Waals surface area contributed by atoms with Crippen LogP contribution < -0.4 is 0 Å². The maximum atomic E-state index is 14.7. The number of unbranched alkanes of at least 4 members (excludes halogenated alkanes) is 13. The fourth-order valence-electron chi connectivity index (χ4n) is 3.84. The first-order chi connectivity index (χ1) is 13.1. The van der Waals surface area contributed by atoms with Gasteiger partial charge in [-0.3, -0.25) is 4.48 Å². The molecule has 0 aliphatic carbocycles. The van der Waals surface area contributed by atoms with E-state index in [9.17, 15) is 4.39 Å². The zero-order valence-corrected chi connectivity index (χ0v) is 18.4. The molecule has 1 aromatic carbocycles. The lowest BCUT2D eigenvalue weighted by Crippen LogP contribution is -2.42. The second kappa shape index (κ2) is 15.1. The maximum Gasteiger partial charge on any atom is 0.258 e. The fourth-order valence-corrected chi connectivity index (χ4v) is 3.84. The minimum Gasteiger partial charge on any atom is -0.295 e. The van der Waals surface area contributed by atoms with Gasteiger partial charge in [0, 0.05) is 5.56 Å². The fraction of sp³-hybridized carbons (Fsp3) is 0.760. The highest BCUT2D eigenvalue weighted by molar-refractivity contribution is 5.15. The Morgan fingerprint density at radius 2 is 1.07 bits per heavy atom. The molecule has 1 rings (SSSR count). The molecule has 0 N–H and O–H groups in total. The highest BCUT2D eigenvalue weighted by Crippen LogP contribution is 2.27. The van der Waals surface area contributed by atoms with Crippen LogP contribution in [0.2, 0.25) is 0 Å². The number of alkyl halides is 1. The van der Waals surface area contributed by atoms with Crippen molar-refractivity contribution in [1.82, 2.24) is 0 Å². The quantitative estimate of drug-likeness (QED) is 0.145. The molecule has 0 saturated heterocycles. The Morgan fingerprint density at radius 1 is 0.667 bits per heavy atom. The smallest absolute Gasteiger partial charge is 0.258 e. The van der Waals surface area contributed by atoms with Crippen LogP contribution in [0.4, 0.5) is 4.39 Å². The molecule has 1 nitrogen and oxygen atoms in total. The molecule has 0 aliphatic heterocycles. The van der Waals surface area contributed by atoms with Gasteiger partial charge in [-0.15, -0.1) is 0 Å². The van der Waals surface area contributed by atoms with Gasteiger partial charge >= 0.3 is 0 Å². The molecule has 0 aliphatic rings. The Balaban J connectivity index is 1.95. The molecular weight excluding hydrogens is 333 g/mol. The lowest BCUT2D eigenvalue weighted by Gasteiger charge is -2.33. The van der Waals surface area contributed by atoms with E-state index in [0.717, 1.165) is 18.5 Å². The van der Waals surface area contributed by atoms with Gasteiger partial charge in [0.1, 0.15) is 0 Å². The standard InChI is InChI=1S/C25H45FN/c1-4-5-6-7-8-9-10-11-12-13-14-15-16-20-23-27(2,3)25(26)24-21-18-17-19-22-24/h17-19,21-22,25H,4-16,20,23H2,1-3H3/q+1. The first-order valence-electron chi connectivity index (χ1n) is 11.6. The van der Waals surface area contributed by atoms with Crippen molar-refractivity contribution in [1.29, 1.82) is 0 Å². The Labute approximate surface area is 169 Å². The van der Waals surface area contributed by atoms with Gasteiger partial charge in [-0.2, -0.15) is 4.39 Å². The minimum absolute atomic E-state index is 0.433. The molecule has 2 heteroatoms. The highest BCUT2D eigenvalue weighted by atomic mass is 19.1. The Bertz CT molecular complexity index is 443. The summed E-state index contributed by atoms with van der Waals surface area (Å²) in [6, 6.07) is 9.60. The van der Waals surface area contributed by atoms with Crippen LogP contribution in [0.15, 0.2) is 30.3 Å². The van der Waals surface area contributed by atoms with Gasteiger partial charge in [0.15, 0.2) is 0 Å². The van der Waals surface area contributed by atoms with Crippen LogP contribution in [-0.2, 0) is 0 Å². The van der Waals surface area contributed by atoms with Crippen molar-refractivity contribution in [2.24, 2.45) is 0 Å². The summed E-state index contributed by atoms with van der Waals surface area (Å²) in [6.07, 6.45) is 18.2. The van der Waals surface area contributed by atoms with Gasteiger partial charge < -0.3 is 0 Å². The Kier molecular flexibility index (Phi) is 13.5. The molecule has 0 spiro atoms. The molecule has 0 aromatic heterocycles. The molecule has 1 aromatic rings. The number of benzene rings is 1. The van der Waals surface area contributed by atoms with Crippen LogP contribution in [-0.4, -0.2) is 25.1 Å². The molecule has 0 radical (unpaired) electrons. The summed E-state index contributed by atoms with van der Waals surface area (Å²) >= 11 is 0. The summed E-state index contributed by atoms with van der Waals surface area (Å²) in [5.41, 5.74) is 0.799. The molecule has 0 heterocycles. The lowest BCUT2D eigenvalue weighted by molar-refractivity contribution is -0.936. The lowest BCUT2D eigenvalue weighted by atomic mass is 10.0. The largest absolute Gasteiger partial charge is 0.295 e. The summed E-state index contributed by atoms with van der Waals surface area (Å²) in [5.74, 6) is 0.